The van der Waals surface area contributed by atoms with Gasteiger partial charge in [-0.25, -0.2) is 9.78 Å². The van der Waals surface area contributed by atoms with Crippen LogP contribution in [0.2, 0.25) is 0 Å². The number of aliphatic carboxylic acids is 1. The van der Waals surface area contributed by atoms with E-state index in [1.807, 2.05) is 30.3 Å². The van der Waals surface area contributed by atoms with Gasteiger partial charge in [0.1, 0.15) is 0 Å². The van der Waals surface area contributed by atoms with Crippen LogP contribution in [0.4, 0.5) is 5.82 Å². The molecule has 7 heteroatoms. The molecule has 24 heavy (non-hydrogen) atoms. The Hall–Kier alpha value is -3.09. The van der Waals surface area contributed by atoms with Crippen LogP contribution in [0.3, 0.4) is 0 Å². The number of Topliss-reactive ketones (excluding diaryl/α,β-unsaturated/α-hetero) is 1. The van der Waals surface area contributed by atoms with Crippen LogP contribution in [-0.4, -0.2) is 39.3 Å². The van der Waals surface area contributed by atoms with Crippen LogP contribution >= 0.6 is 0 Å². The number of carboxylic acids is 1. The van der Waals surface area contributed by atoms with Crippen molar-refractivity contribution in [3.05, 3.63) is 54.5 Å². The van der Waals surface area contributed by atoms with Gasteiger partial charge in [-0.05, 0) is 12.0 Å². The molecule has 0 saturated carbocycles. The number of carboxylic acid groups (broad SMARTS) is 1. The van der Waals surface area contributed by atoms with E-state index >= 15 is 0 Å². The molecular weight excluding hydrogens is 310 g/mol. The molecule has 0 spiro atoms. The Labute approximate surface area is 138 Å². The van der Waals surface area contributed by atoms with Crippen LogP contribution in [0.25, 0.3) is 0 Å². The third-order valence-corrected chi connectivity index (χ3v) is 4.12. The van der Waals surface area contributed by atoms with Gasteiger partial charge in [-0.2, -0.15) is 0 Å². The molecule has 1 amide bonds. The van der Waals surface area contributed by atoms with Gasteiger partial charge in [0, 0.05) is 18.9 Å². The lowest BCUT2D eigenvalue weighted by Gasteiger charge is -2.14. The molecule has 3 rings (SSSR count). The van der Waals surface area contributed by atoms with Gasteiger partial charge in [0.05, 0.1) is 18.0 Å². The lowest BCUT2D eigenvalue weighted by Crippen LogP contribution is -2.31. The van der Waals surface area contributed by atoms with Gasteiger partial charge in [-0.15, -0.1) is 0 Å². The van der Waals surface area contributed by atoms with E-state index in [2.05, 4.69) is 9.97 Å². The van der Waals surface area contributed by atoms with Crippen molar-refractivity contribution < 1.29 is 19.5 Å². The van der Waals surface area contributed by atoms with Crippen LogP contribution in [0.5, 0.6) is 0 Å². The maximum Gasteiger partial charge on any atom is 0.372 e. The number of carbonyl (C=O) groups excluding carboxylic acids is 2. The second-order valence-electron chi connectivity index (χ2n) is 5.58. The fourth-order valence-electron chi connectivity index (χ4n) is 2.95. The van der Waals surface area contributed by atoms with E-state index < -0.39 is 23.6 Å². The number of rotatable bonds is 5. The second-order valence-corrected chi connectivity index (χ2v) is 5.58. The molecule has 0 bridgehead atoms. The summed E-state index contributed by atoms with van der Waals surface area (Å²) in [7, 11) is 0. The first-order valence-corrected chi connectivity index (χ1v) is 7.46. The zero-order valence-electron chi connectivity index (χ0n) is 12.7. The highest BCUT2D eigenvalue weighted by Crippen LogP contribution is 2.31. The normalized spacial score (nSPS) is 20.2. The monoisotopic (exact) mass is 325 g/mol. The van der Waals surface area contributed by atoms with Crippen LogP contribution in [0.1, 0.15) is 5.56 Å². The average Bonchev–Trinajstić information content (AvgIpc) is 2.92. The number of hydrogen-bond donors (Lipinski definition) is 1. The van der Waals surface area contributed by atoms with Crippen molar-refractivity contribution >= 4 is 23.5 Å². The average molecular weight is 325 g/mol. The minimum atomic E-state index is -1.52. The van der Waals surface area contributed by atoms with Gasteiger partial charge in [-0.1, -0.05) is 30.3 Å². The fraction of sp³-hybridized carbons (Fsp3) is 0.235. The maximum atomic E-state index is 12.8. The van der Waals surface area contributed by atoms with Crippen LogP contribution in [0.15, 0.2) is 48.9 Å². The zero-order valence-corrected chi connectivity index (χ0v) is 12.7. The van der Waals surface area contributed by atoms with Gasteiger partial charge < -0.3 is 5.11 Å². The van der Waals surface area contributed by atoms with Gasteiger partial charge >= 0.3 is 5.97 Å². The van der Waals surface area contributed by atoms with Crippen LogP contribution < -0.4 is 4.90 Å². The summed E-state index contributed by atoms with van der Waals surface area (Å²) < 4.78 is 0. The molecule has 1 aromatic carbocycles. The number of benzene rings is 1. The van der Waals surface area contributed by atoms with Crippen molar-refractivity contribution in [1.29, 1.82) is 0 Å². The Balaban J connectivity index is 1.91. The summed E-state index contributed by atoms with van der Waals surface area (Å²) in [5.41, 5.74) is 0.875. The van der Waals surface area contributed by atoms with Gasteiger partial charge in [0.15, 0.2) is 5.82 Å². The highest BCUT2D eigenvalue weighted by Gasteiger charge is 2.46. The van der Waals surface area contributed by atoms with Crippen molar-refractivity contribution in [2.24, 2.45) is 11.8 Å². The predicted octanol–water partition coefficient (Wildman–Crippen LogP) is 0.952. The number of ketones is 1. The number of anilines is 1. The summed E-state index contributed by atoms with van der Waals surface area (Å²) in [6, 6.07) is 9.22. The van der Waals surface area contributed by atoms with E-state index in [0.29, 0.717) is 12.2 Å². The molecule has 7 nitrogen and oxygen atoms in total. The van der Waals surface area contributed by atoms with Crippen LogP contribution in [-0.2, 0) is 20.8 Å². The maximum absolute atomic E-state index is 12.8. The van der Waals surface area contributed by atoms with Crippen molar-refractivity contribution in [1.82, 2.24) is 9.97 Å². The largest absolute Gasteiger partial charge is 0.475 e. The Morgan fingerprint density at radius 3 is 2.58 bits per heavy atom. The highest BCUT2D eigenvalue weighted by atomic mass is 16.4. The third-order valence-electron chi connectivity index (χ3n) is 4.12. The van der Waals surface area contributed by atoms with Crippen molar-refractivity contribution in [3.8, 4) is 0 Å². The van der Waals surface area contributed by atoms with Gasteiger partial charge in [0.25, 0.3) is 0 Å². The van der Waals surface area contributed by atoms with E-state index in [4.69, 9.17) is 5.11 Å². The molecule has 2 heterocycles. The zero-order chi connectivity index (χ0) is 17.1. The summed E-state index contributed by atoms with van der Waals surface area (Å²) >= 11 is 0. The standard InChI is InChI=1S/C17H15N3O4/c21-15(17(23)24)13-10-20(14-9-18-6-7-19-14)16(22)12(13)8-11-4-2-1-3-5-11/h1-7,9,12-13H,8,10H2,(H,23,24)/t12-,13+/m1/s1. The van der Waals surface area contributed by atoms with E-state index in [1.54, 1.807) is 0 Å². The lowest BCUT2D eigenvalue weighted by atomic mass is 9.86. The molecule has 122 valence electrons. The number of carbonyl (C=O) groups is 3. The predicted molar refractivity (Wildman–Crippen MR) is 84.2 cm³/mol. The van der Waals surface area contributed by atoms with E-state index in [9.17, 15) is 14.4 Å². The molecule has 2 aromatic rings. The highest BCUT2D eigenvalue weighted by molar-refractivity contribution is 6.34. The molecule has 1 N–H and O–H groups in total. The lowest BCUT2D eigenvalue weighted by molar-refractivity contribution is -0.151. The van der Waals surface area contributed by atoms with Crippen molar-refractivity contribution in [2.45, 2.75) is 6.42 Å². The SMILES string of the molecule is O=C(O)C(=O)[C@H]1CN(c2cnccn2)C(=O)[C@@H]1Cc1ccccc1. The van der Waals surface area contributed by atoms with Crippen LogP contribution in [0, 0.1) is 11.8 Å². The first kappa shape index (κ1) is 15.8. The summed E-state index contributed by atoms with van der Waals surface area (Å²) in [6.45, 7) is 0.000159. The molecule has 1 fully saturated rings. The van der Waals surface area contributed by atoms with Gasteiger partial charge in [0.2, 0.25) is 11.7 Å². The van der Waals surface area contributed by atoms with Crippen molar-refractivity contribution in [3.63, 3.8) is 0 Å². The number of amides is 1. The molecule has 1 aliphatic heterocycles. The Morgan fingerprint density at radius 2 is 1.96 bits per heavy atom. The fourth-order valence-corrected chi connectivity index (χ4v) is 2.95. The molecule has 1 saturated heterocycles. The molecule has 1 aromatic heterocycles. The van der Waals surface area contributed by atoms with E-state index in [0.717, 1.165) is 5.56 Å². The smallest absolute Gasteiger partial charge is 0.372 e. The number of aromatic nitrogens is 2. The summed E-state index contributed by atoms with van der Waals surface area (Å²) in [5.74, 6) is -4.09. The molecule has 2 atom stereocenters. The molecule has 0 unspecified atom stereocenters. The molecule has 0 radical (unpaired) electrons. The molecule has 1 aliphatic rings. The molecular formula is C17H15N3O4. The Bertz CT molecular complexity index is 764. The molecule has 0 aliphatic carbocycles. The third kappa shape index (κ3) is 3.01. The first-order valence-electron chi connectivity index (χ1n) is 7.46. The number of hydrogen-bond acceptors (Lipinski definition) is 5. The van der Waals surface area contributed by atoms with Gasteiger partial charge in [-0.3, -0.25) is 19.5 Å². The summed E-state index contributed by atoms with van der Waals surface area (Å²) in [5, 5.41) is 9.06. The minimum Gasteiger partial charge on any atom is -0.475 e. The topological polar surface area (TPSA) is 100 Å². The Morgan fingerprint density at radius 1 is 1.21 bits per heavy atom. The van der Waals surface area contributed by atoms with E-state index in [-0.39, 0.29) is 12.5 Å². The summed E-state index contributed by atoms with van der Waals surface area (Å²) in [6.07, 6.45) is 4.65. The minimum absolute atomic E-state index is 0.000159. The number of nitrogens with zero attached hydrogens (tertiary/aromatic N) is 3. The summed E-state index contributed by atoms with van der Waals surface area (Å²) in [4.78, 5) is 45.3. The quantitative estimate of drug-likeness (QED) is 0.822. The van der Waals surface area contributed by atoms with Crippen molar-refractivity contribution in [2.75, 3.05) is 11.4 Å². The second kappa shape index (κ2) is 6.57. The van der Waals surface area contributed by atoms with E-state index in [1.165, 1.54) is 23.5 Å². The Kier molecular flexibility index (Phi) is 4.33. The first-order chi connectivity index (χ1) is 11.6.